The van der Waals surface area contributed by atoms with Crippen LogP contribution in [0, 0.1) is 11.3 Å². The average molecular weight is 331 g/mol. The molecule has 2 aromatic heterocycles. The number of benzene rings is 1. The Morgan fingerprint density at radius 1 is 1.12 bits per heavy atom. The highest BCUT2D eigenvalue weighted by atomic mass is 16.4. The van der Waals surface area contributed by atoms with Gasteiger partial charge in [0.05, 0.1) is 5.56 Å². The molecule has 25 heavy (non-hydrogen) atoms. The van der Waals surface area contributed by atoms with Crippen LogP contribution < -0.4 is 0 Å². The maximum atomic E-state index is 11.8. The quantitative estimate of drug-likeness (QED) is 0.786. The highest BCUT2D eigenvalue weighted by Gasteiger charge is 2.25. The number of hydrogen-bond donors (Lipinski definition) is 1. The topological polar surface area (TPSA) is 78.9 Å². The van der Waals surface area contributed by atoms with Crippen LogP contribution in [-0.2, 0) is 13.5 Å². The van der Waals surface area contributed by atoms with Crippen LogP contribution >= 0.6 is 0 Å². The van der Waals surface area contributed by atoms with Gasteiger partial charge in [0, 0.05) is 30.7 Å². The van der Waals surface area contributed by atoms with Gasteiger partial charge in [0.1, 0.15) is 11.8 Å². The summed E-state index contributed by atoms with van der Waals surface area (Å²) in [5.41, 5.74) is 4.55. The van der Waals surface area contributed by atoms with Crippen LogP contribution in [0.15, 0.2) is 48.8 Å². The normalized spacial score (nSPS) is 10.4. The van der Waals surface area contributed by atoms with Crippen molar-refractivity contribution >= 4 is 5.97 Å². The fraction of sp³-hybridized carbons (Fsp3) is 0.150. The standard InChI is InChI=1S/C20H17N3O2/c1-3-17-16(12-21)18(19(20(24)25)23(17)2)15-6-4-13(5-7-15)14-8-10-22-11-9-14/h4-11H,3H2,1-2H3,(H,24,25). The summed E-state index contributed by atoms with van der Waals surface area (Å²) in [5, 5.41) is 19.2. The zero-order chi connectivity index (χ0) is 18.0. The summed E-state index contributed by atoms with van der Waals surface area (Å²) in [6.45, 7) is 1.91. The molecule has 5 nitrogen and oxygen atoms in total. The Labute approximate surface area is 145 Å². The van der Waals surface area contributed by atoms with E-state index < -0.39 is 5.97 Å². The molecule has 2 heterocycles. The lowest BCUT2D eigenvalue weighted by Crippen LogP contribution is -2.07. The minimum atomic E-state index is -1.04. The average Bonchev–Trinajstić information content (AvgIpc) is 2.94. The third kappa shape index (κ3) is 2.79. The molecule has 124 valence electrons. The number of carboxylic acids is 1. The molecule has 0 saturated carbocycles. The summed E-state index contributed by atoms with van der Waals surface area (Å²) in [6.07, 6.45) is 4.04. The van der Waals surface area contributed by atoms with E-state index in [4.69, 9.17) is 0 Å². The van der Waals surface area contributed by atoms with E-state index in [0.717, 1.165) is 22.4 Å². The molecular formula is C20H17N3O2. The van der Waals surface area contributed by atoms with Gasteiger partial charge in [-0.15, -0.1) is 0 Å². The van der Waals surface area contributed by atoms with Crippen molar-refractivity contribution in [3.05, 3.63) is 65.7 Å². The minimum Gasteiger partial charge on any atom is -0.477 e. The van der Waals surface area contributed by atoms with E-state index in [0.29, 0.717) is 17.5 Å². The molecule has 0 aliphatic rings. The van der Waals surface area contributed by atoms with Crippen molar-refractivity contribution in [3.8, 4) is 28.3 Å². The van der Waals surface area contributed by atoms with Crippen LogP contribution in [0.4, 0.5) is 0 Å². The molecule has 3 aromatic rings. The van der Waals surface area contributed by atoms with E-state index >= 15 is 0 Å². The molecule has 0 amide bonds. The van der Waals surface area contributed by atoms with Crippen molar-refractivity contribution < 1.29 is 9.90 Å². The first-order valence-corrected chi connectivity index (χ1v) is 7.94. The van der Waals surface area contributed by atoms with Crippen LogP contribution in [0.3, 0.4) is 0 Å². The second-order valence-corrected chi connectivity index (χ2v) is 5.69. The van der Waals surface area contributed by atoms with Gasteiger partial charge in [-0.25, -0.2) is 4.79 Å². The van der Waals surface area contributed by atoms with Gasteiger partial charge in [-0.05, 0) is 35.2 Å². The van der Waals surface area contributed by atoms with E-state index in [2.05, 4.69) is 11.1 Å². The lowest BCUT2D eigenvalue weighted by molar-refractivity contribution is 0.0687. The first kappa shape index (κ1) is 16.5. The fourth-order valence-electron chi connectivity index (χ4n) is 3.17. The van der Waals surface area contributed by atoms with Crippen LogP contribution in [0.5, 0.6) is 0 Å². The summed E-state index contributed by atoms with van der Waals surface area (Å²) in [4.78, 5) is 15.8. The Hall–Kier alpha value is -3.39. The van der Waals surface area contributed by atoms with Crippen molar-refractivity contribution in [2.75, 3.05) is 0 Å². The number of nitrogens with zero attached hydrogens (tertiary/aromatic N) is 3. The molecule has 0 radical (unpaired) electrons. The molecular weight excluding hydrogens is 314 g/mol. The van der Waals surface area contributed by atoms with Gasteiger partial charge in [-0.3, -0.25) is 4.98 Å². The number of aromatic carboxylic acids is 1. The van der Waals surface area contributed by atoms with E-state index in [1.807, 2.05) is 43.3 Å². The number of pyridine rings is 1. The number of aromatic nitrogens is 2. The monoisotopic (exact) mass is 331 g/mol. The second kappa shape index (κ2) is 6.62. The van der Waals surface area contributed by atoms with E-state index in [1.54, 1.807) is 24.0 Å². The predicted molar refractivity (Wildman–Crippen MR) is 95.1 cm³/mol. The number of hydrogen-bond acceptors (Lipinski definition) is 3. The SMILES string of the molecule is CCc1c(C#N)c(-c2ccc(-c3ccncc3)cc2)c(C(=O)O)n1C. The van der Waals surface area contributed by atoms with E-state index in [1.165, 1.54) is 0 Å². The smallest absolute Gasteiger partial charge is 0.353 e. The van der Waals surface area contributed by atoms with Gasteiger partial charge in [-0.1, -0.05) is 31.2 Å². The van der Waals surface area contributed by atoms with E-state index in [9.17, 15) is 15.2 Å². The molecule has 3 rings (SSSR count). The lowest BCUT2D eigenvalue weighted by atomic mass is 9.97. The molecule has 1 aromatic carbocycles. The highest BCUT2D eigenvalue weighted by molar-refractivity contribution is 5.97. The second-order valence-electron chi connectivity index (χ2n) is 5.69. The van der Waals surface area contributed by atoms with Crippen LogP contribution in [0.2, 0.25) is 0 Å². The van der Waals surface area contributed by atoms with Gasteiger partial charge in [0.25, 0.3) is 0 Å². The third-order valence-corrected chi connectivity index (χ3v) is 4.35. The number of carboxylic acid groups (broad SMARTS) is 1. The fourth-order valence-corrected chi connectivity index (χ4v) is 3.17. The van der Waals surface area contributed by atoms with Crippen molar-refractivity contribution in [2.24, 2.45) is 7.05 Å². The number of nitriles is 1. The Bertz CT molecular complexity index is 965. The molecule has 1 N–H and O–H groups in total. The highest BCUT2D eigenvalue weighted by Crippen LogP contribution is 2.33. The van der Waals surface area contributed by atoms with Crippen LogP contribution in [0.25, 0.3) is 22.3 Å². The molecule has 0 atom stereocenters. The zero-order valence-corrected chi connectivity index (χ0v) is 14.0. The largest absolute Gasteiger partial charge is 0.477 e. The first-order chi connectivity index (χ1) is 12.1. The maximum absolute atomic E-state index is 11.8. The maximum Gasteiger partial charge on any atom is 0.353 e. The molecule has 0 bridgehead atoms. The van der Waals surface area contributed by atoms with Crippen molar-refractivity contribution in [3.63, 3.8) is 0 Å². The summed E-state index contributed by atoms with van der Waals surface area (Å²) >= 11 is 0. The molecule has 0 spiro atoms. The van der Waals surface area contributed by atoms with Gasteiger partial charge in [0.15, 0.2) is 0 Å². The van der Waals surface area contributed by atoms with E-state index in [-0.39, 0.29) is 5.69 Å². The number of rotatable bonds is 4. The minimum absolute atomic E-state index is 0.144. The molecule has 0 saturated heterocycles. The molecule has 0 unspecified atom stereocenters. The first-order valence-electron chi connectivity index (χ1n) is 7.94. The summed E-state index contributed by atoms with van der Waals surface area (Å²) in [5.74, 6) is -1.04. The predicted octanol–water partition coefficient (Wildman–Crippen LogP) is 3.89. The van der Waals surface area contributed by atoms with Crippen LogP contribution in [0.1, 0.15) is 28.7 Å². The van der Waals surface area contributed by atoms with Crippen molar-refractivity contribution in [2.45, 2.75) is 13.3 Å². The summed E-state index contributed by atoms with van der Waals surface area (Å²) in [6, 6.07) is 13.6. The van der Waals surface area contributed by atoms with Gasteiger partial charge < -0.3 is 9.67 Å². The third-order valence-electron chi connectivity index (χ3n) is 4.35. The Kier molecular flexibility index (Phi) is 4.36. The van der Waals surface area contributed by atoms with Crippen molar-refractivity contribution in [1.29, 1.82) is 5.26 Å². The van der Waals surface area contributed by atoms with Gasteiger partial charge >= 0.3 is 5.97 Å². The molecule has 0 aliphatic carbocycles. The van der Waals surface area contributed by atoms with Gasteiger partial charge in [-0.2, -0.15) is 5.26 Å². The lowest BCUT2D eigenvalue weighted by Gasteiger charge is -2.06. The Balaban J connectivity index is 2.17. The van der Waals surface area contributed by atoms with Crippen molar-refractivity contribution in [1.82, 2.24) is 9.55 Å². The Morgan fingerprint density at radius 2 is 1.68 bits per heavy atom. The Morgan fingerprint density at radius 3 is 2.20 bits per heavy atom. The number of carbonyl (C=O) groups is 1. The molecule has 0 fully saturated rings. The van der Waals surface area contributed by atoms with Gasteiger partial charge in [0.2, 0.25) is 0 Å². The van der Waals surface area contributed by atoms with Crippen LogP contribution in [-0.4, -0.2) is 20.6 Å². The zero-order valence-electron chi connectivity index (χ0n) is 14.0. The summed E-state index contributed by atoms with van der Waals surface area (Å²) in [7, 11) is 1.69. The molecule has 5 heteroatoms. The molecule has 0 aliphatic heterocycles. The summed E-state index contributed by atoms with van der Waals surface area (Å²) < 4.78 is 1.60.